The lowest BCUT2D eigenvalue weighted by Crippen LogP contribution is -2.38. The van der Waals surface area contributed by atoms with Crippen LogP contribution >= 0.6 is 11.3 Å². The van der Waals surface area contributed by atoms with Crippen LogP contribution < -0.4 is 4.74 Å². The number of hydrogen-bond donors (Lipinski definition) is 0. The first-order chi connectivity index (χ1) is 13.7. The molecule has 3 heterocycles. The van der Waals surface area contributed by atoms with Crippen LogP contribution in [0.1, 0.15) is 28.9 Å². The molecule has 0 spiro atoms. The van der Waals surface area contributed by atoms with E-state index in [1.807, 2.05) is 17.6 Å². The van der Waals surface area contributed by atoms with Gasteiger partial charge in [0.1, 0.15) is 0 Å². The lowest BCUT2D eigenvalue weighted by Gasteiger charge is -2.32. The summed E-state index contributed by atoms with van der Waals surface area (Å²) in [5.41, 5.74) is 1.56. The van der Waals surface area contributed by atoms with E-state index in [9.17, 15) is 9.18 Å². The van der Waals surface area contributed by atoms with Gasteiger partial charge in [-0.3, -0.25) is 14.3 Å². The van der Waals surface area contributed by atoms with Crippen molar-refractivity contribution in [2.24, 2.45) is 5.92 Å². The molecule has 0 saturated carbocycles. The zero-order valence-electron chi connectivity index (χ0n) is 15.7. The second kappa shape index (κ2) is 8.24. The Morgan fingerprint density at radius 2 is 2.29 bits per heavy atom. The zero-order chi connectivity index (χ0) is 19.5. The summed E-state index contributed by atoms with van der Waals surface area (Å²) in [6.07, 6.45) is 5.59. The van der Waals surface area contributed by atoms with Gasteiger partial charge in [0, 0.05) is 48.0 Å². The van der Waals surface area contributed by atoms with Gasteiger partial charge in [0.05, 0.1) is 7.11 Å². The number of hydrogen-bond acceptors (Lipinski definition) is 5. The van der Waals surface area contributed by atoms with Crippen molar-refractivity contribution in [3.8, 4) is 10.9 Å². The molecule has 0 N–H and O–H groups in total. The number of Topliss-reactive ketones (excluding diaryl/α,β-unsaturated/α-hetero) is 1. The van der Waals surface area contributed by atoms with Crippen molar-refractivity contribution in [3.63, 3.8) is 0 Å². The highest BCUT2D eigenvalue weighted by atomic mass is 32.1. The molecule has 1 atom stereocenters. The van der Waals surface area contributed by atoms with E-state index < -0.39 is 5.82 Å². The summed E-state index contributed by atoms with van der Waals surface area (Å²) in [7, 11) is 1.42. The Morgan fingerprint density at radius 3 is 3.04 bits per heavy atom. The monoisotopic (exact) mass is 399 g/mol. The average Bonchev–Trinajstić information content (AvgIpc) is 3.39. The largest absolute Gasteiger partial charge is 0.494 e. The molecule has 3 aromatic rings. The van der Waals surface area contributed by atoms with E-state index in [4.69, 9.17) is 4.74 Å². The van der Waals surface area contributed by atoms with Gasteiger partial charge in [0.15, 0.2) is 22.5 Å². The van der Waals surface area contributed by atoms with E-state index in [1.54, 1.807) is 23.6 Å². The summed E-state index contributed by atoms with van der Waals surface area (Å²) >= 11 is 1.60. The number of benzene rings is 1. The highest BCUT2D eigenvalue weighted by Gasteiger charge is 2.27. The minimum atomic E-state index is -0.498. The maximum atomic E-state index is 14.0. The number of halogens is 1. The fourth-order valence-electron chi connectivity index (χ4n) is 3.76. The van der Waals surface area contributed by atoms with Crippen LogP contribution in [-0.4, -0.2) is 40.4 Å². The summed E-state index contributed by atoms with van der Waals surface area (Å²) in [6.45, 7) is 2.38. The molecule has 0 unspecified atom stereocenters. The first-order valence-electron chi connectivity index (χ1n) is 9.32. The molecule has 4 rings (SSSR count). The van der Waals surface area contributed by atoms with E-state index in [0.29, 0.717) is 12.1 Å². The average molecular weight is 399 g/mol. The van der Waals surface area contributed by atoms with Crippen molar-refractivity contribution < 1.29 is 13.9 Å². The number of methoxy groups -OCH3 is 1. The first-order valence-corrected chi connectivity index (χ1v) is 10.2. The van der Waals surface area contributed by atoms with Crippen molar-refractivity contribution >= 4 is 17.1 Å². The van der Waals surface area contributed by atoms with E-state index >= 15 is 0 Å². The smallest absolute Gasteiger partial charge is 0.193 e. The molecule has 1 aromatic carbocycles. The Kier molecular flexibility index (Phi) is 5.54. The number of ether oxygens (including phenoxy) is 1. The molecule has 7 heteroatoms. The number of carbonyl (C=O) groups is 1. The van der Waals surface area contributed by atoms with Crippen LogP contribution in [0.2, 0.25) is 0 Å². The van der Waals surface area contributed by atoms with E-state index in [0.717, 1.165) is 36.8 Å². The van der Waals surface area contributed by atoms with Gasteiger partial charge in [-0.2, -0.15) is 0 Å². The van der Waals surface area contributed by atoms with E-state index in [1.165, 1.54) is 19.2 Å². The second-order valence-electron chi connectivity index (χ2n) is 6.97. The summed E-state index contributed by atoms with van der Waals surface area (Å²) < 4.78 is 21.0. The lowest BCUT2D eigenvalue weighted by atomic mass is 9.90. The highest BCUT2D eigenvalue weighted by Crippen LogP contribution is 2.26. The molecule has 1 aliphatic rings. The second-order valence-corrected chi connectivity index (χ2v) is 7.85. The zero-order valence-corrected chi connectivity index (χ0v) is 16.5. The first kappa shape index (κ1) is 18.8. The van der Waals surface area contributed by atoms with Gasteiger partial charge in [-0.15, -0.1) is 11.3 Å². The molecular formula is C21H22FN3O2S. The third kappa shape index (κ3) is 3.86. The van der Waals surface area contributed by atoms with Gasteiger partial charge in [0.25, 0.3) is 0 Å². The quantitative estimate of drug-likeness (QED) is 0.584. The summed E-state index contributed by atoms with van der Waals surface area (Å²) in [6, 6.07) is 8.56. The number of aromatic nitrogens is 2. The molecule has 1 fully saturated rings. The minimum absolute atomic E-state index is 0.00144. The van der Waals surface area contributed by atoms with Gasteiger partial charge in [-0.25, -0.2) is 9.37 Å². The van der Waals surface area contributed by atoms with Crippen molar-refractivity contribution in [1.82, 2.24) is 14.5 Å². The van der Waals surface area contributed by atoms with E-state index in [2.05, 4.69) is 20.5 Å². The number of rotatable bonds is 6. The fourth-order valence-corrected chi connectivity index (χ4v) is 4.42. The molecule has 1 aliphatic heterocycles. The topological polar surface area (TPSA) is 47.4 Å². The standard InChI is InChI=1S/C21H22FN3O2S/c1-27-19-7-6-15(12-18(19)22)20(26)16-4-2-9-24(13-16)14-17-5-3-10-25(17)21-23-8-11-28-21/h3,5-8,10-12,16H,2,4,9,13-14H2,1H3/t16-/m1/s1. The molecular weight excluding hydrogens is 377 g/mol. The van der Waals surface area contributed by atoms with Gasteiger partial charge >= 0.3 is 0 Å². The van der Waals surface area contributed by atoms with Crippen LogP contribution in [0, 0.1) is 11.7 Å². The van der Waals surface area contributed by atoms with Crippen LogP contribution in [0.3, 0.4) is 0 Å². The molecule has 146 valence electrons. The van der Waals surface area contributed by atoms with Gasteiger partial charge in [-0.05, 0) is 49.7 Å². The van der Waals surface area contributed by atoms with Gasteiger partial charge in [0.2, 0.25) is 0 Å². The van der Waals surface area contributed by atoms with Crippen molar-refractivity contribution in [2.75, 3.05) is 20.2 Å². The lowest BCUT2D eigenvalue weighted by molar-refractivity contribution is 0.0809. The molecule has 2 aromatic heterocycles. The number of ketones is 1. The van der Waals surface area contributed by atoms with Crippen molar-refractivity contribution in [2.45, 2.75) is 19.4 Å². The Bertz CT molecular complexity index is 954. The van der Waals surface area contributed by atoms with Crippen LogP contribution in [0.25, 0.3) is 5.13 Å². The molecule has 0 bridgehead atoms. The maximum Gasteiger partial charge on any atom is 0.193 e. The van der Waals surface area contributed by atoms with Crippen LogP contribution in [0.4, 0.5) is 4.39 Å². The normalized spacial score (nSPS) is 17.6. The van der Waals surface area contributed by atoms with Crippen molar-refractivity contribution in [3.05, 3.63) is 65.2 Å². The van der Waals surface area contributed by atoms with Gasteiger partial charge < -0.3 is 4.74 Å². The number of piperidine rings is 1. The van der Waals surface area contributed by atoms with Crippen LogP contribution in [0.5, 0.6) is 5.75 Å². The number of carbonyl (C=O) groups excluding carboxylic acids is 1. The summed E-state index contributed by atoms with van der Waals surface area (Å²) in [5.74, 6) is -0.460. The maximum absolute atomic E-state index is 14.0. The molecule has 1 saturated heterocycles. The third-order valence-corrected chi connectivity index (χ3v) is 5.93. The Balaban J connectivity index is 1.46. The predicted molar refractivity (Wildman–Crippen MR) is 107 cm³/mol. The van der Waals surface area contributed by atoms with E-state index in [-0.39, 0.29) is 17.5 Å². The number of nitrogens with zero attached hydrogens (tertiary/aromatic N) is 3. The molecule has 0 amide bonds. The summed E-state index contributed by atoms with van der Waals surface area (Å²) in [5, 5.41) is 2.90. The number of thiazole rings is 1. The van der Waals surface area contributed by atoms with Crippen LogP contribution in [-0.2, 0) is 6.54 Å². The SMILES string of the molecule is COc1ccc(C(=O)[C@@H]2CCCN(Cc3cccn3-c3nccs3)C2)cc1F. The minimum Gasteiger partial charge on any atom is -0.494 e. The highest BCUT2D eigenvalue weighted by molar-refractivity contribution is 7.12. The van der Waals surface area contributed by atoms with Crippen LogP contribution in [0.15, 0.2) is 48.1 Å². The molecule has 5 nitrogen and oxygen atoms in total. The molecule has 0 radical (unpaired) electrons. The molecule has 28 heavy (non-hydrogen) atoms. The van der Waals surface area contributed by atoms with Gasteiger partial charge in [-0.1, -0.05) is 0 Å². The number of likely N-dealkylation sites (tertiary alicyclic amines) is 1. The summed E-state index contributed by atoms with van der Waals surface area (Å²) in [4.78, 5) is 19.6. The Morgan fingerprint density at radius 1 is 1.39 bits per heavy atom. The molecule has 0 aliphatic carbocycles. The predicted octanol–water partition coefficient (Wildman–Crippen LogP) is 4.18. The fraction of sp³-hybridized carbons (Fsp3) is 0.333. The Labute approximate surface area is 167 Å². The Hall–Kier alpha value is -2.51. The van der Waals surface area contributed by atoms with Crippen molar-refractivity contribution in [1.29, 1.82) is 0 Å². The third-order valence-electron chi connectivity index (χ3n) is 5.16.